The maximum atomic E-state index is 12.2. The molecule has 0 saturated heterocycles. The molecule has 8 heteroatoms. The van der Waals surface area contributed by atoms with Crippen LogP contribution in [0.25, 0.3) is 0 Å². The van der Waals surface area contributed by atoms with Crippen LogP contribution in [0.1, 0.15) is 16.1 Å². The summed E-state index contributed by atoms with van der Waals surface area (Å²) in [6.07, 6.45) is -3.70. The second-order valence-electron chi connectivity index (χ2n) is 2.52. The van der Waals surface area contributed by atoms with E-state index < -0.39 is 17.8 Å². The van der Waals surface area contributed by atoms with E-state index in [1.807, 2.05) is 0 Å². The van der Waals surface area contributed by atoms with Gasteiger partial charge in [0.25, 0.3) is 5.91 Å². The zero-order valence-electron chi connectivity index (χ0n) is 7.10. The van der Waals surface area contributed by atoms with Crippen LogP contribution in [-0.4, -0.2) is 10.9 Å². The van der Waals surface area contributed by atoms with Gasteiger partial charge in [-0.2, -0.15) is 13.2 Å². The van der Waals surface area contributed by atoms with Crippen molar-refractivity contribution in [3.63, 3.8) is 0 Å². The Morgan fingerprint density at radius 2 is 2.13 bits per heavy atom. The van der Waals surface area contributed by atoms with Gasteiger partial charge in [-0.15, -0.1) is 0 Å². The van der Waals surface area contributed by atoms with E-state index in [4.69, 9.17) is 5.84 Å². The van der Waals surface area contributed by atoms with Gasteiger partial charge in [0.05, 0.1) is 5.56 Å². The Labute approximate surface area is 90.8 Å². The molecule has 0 aliphatic heterocycles. The van der Waals surface area contributed by atoms with E-state index in [1.165, 1.54) is 0 Å². The number of nitrogen functional groups attached to an aromatic ring is 1. The molecule has 0 aliphatic rings. The second kappa shape index (κ2) is 4.15. The molecule has 1 aromatic rings. The maximum absolute atomic E-state index is 12.2. The zero-order chi connectivity index (χ0) is 11.6. The fraction of sp³-hybridized carbons (Fsp3) is 0.143. The lowest BCUT2D eigenvalue weighted by atomic mass is 10.2. The molecule has 1 rings (SSSR count). The quantitative estimate of drug-likeness (QED) is 0.466. The van der Waals surface area contributed by atoms with E-state index in [1.54, 1.807) is 5.43 Å². The van der Waals surface area contributed by atoms with Crippen LogP contribution in [0.15, 0.2) is 16.7 Å². The van der Waals surface area contributed by atoms with E-state index >= 15 is 0 Å². The lowest BCUT2D eigenvalue weighted by molar-refractivity contribution is -0.141. The van der Waals surface area contributed by atoms with Crippen molar-refractivity contribution in [2.45, 2.75) is 6.18 Å². The molecule has 1 aromatic heterocycles. The Morgan fingerprint density at radius 1 is 1.53 bits per heavy atom. The summed E-state index contributed by atoms with van der Waals surface area (Å²) in [6, 6.07) is 0.617. The van der Waals surface area contributed by atoms with Gasteiger partial charge >= 0.3 is 6.18 Å². The van der Waals surface area contributed by atoms with Crippen molar-refractivity contribution >= 4 is 21.8 Å². The fourth-order valence-corrected chi connectivity index (χ4v) is 1.24. The Kier molecular flexibility index (Phi) is 3.30. The summed E-state index contributed by atoms with van der Waals surface area (Å²) in [5, 5.41) is 0. The number of carbonyl (C=O) groups excluding carboxylic acids is 1. The highest BCUT2D eigenvalue weighted by Gasteiger charge is 2.33. The number of rotatable bonds is 1. The molecule has 82 valence electrons. The number of hydrazine groups is 1. The first kappa shape index (κ1) is 11.9. The minimum atomic E-state index is -4.59. The van der Waals surface area contributed by atoms with Gasteiger partial charge in [0.1, 0.15) is 5.69 Å². The number of nitrogens with two attached hydrogens (primary N) is 1. The van der Waals surface area contributed by atoms with Crippen LogP contribution >= 0.6 is 15.9 Å². The summed E-state index contributed by atoms with van der Waals surface area (Å²) < 4.78 is 36.8. The first-order valence-electron chi connectivity index (χ1n) is 3.60. The third kappa shape index (κ3) is 2.66. The topological polar surface area (TPSA) is 68.0 Å². The van der Waals surface area contributed by atoms with E-state index in [9.17, 15) is 18.0 Å². The standard InChI is InChI=1S/C7H5BrF3N3O/c8-4-2-13-5(7(9,10)11)1-3(4)6(15)14-12/h1-2H,12H2,(H,14,15). The SMILES string of the molecule is NNC(=O)c1cc(C(F)(F)F)ncc1Br. The van der Waals surface area contributed by atoms with Crippen LogP contribution in [0.5, 0.6) is 0 Å². The largest absolute Gasteiger partial charge is 0.433 e. The summed E-state index contributed by atoms with van der Waals surface area (Å²) >= 11 is 2.89. The Bertz CT molecular complexity index is 394. The molecule has 1 amide bonds. The predicted octanol–water partition coefficient (Wildman–Crippen LogP) is 1.47. The van der Waals surface area contributed by atoms with Crippen LogP contribution in [0.3, 0.4) is 0 Å². The Hall–Kier alpha value is -1.15. The van der Waals surface area contributed by atoms with E-state index in [0.29, 0.717) is 6.07 Å². The van der Waals surface area contributed by atoms with Gasteiger partial charge < -0.3 is 0 Å². The number of hydrogen-bond acceptors (Lipinski definition) is 3. The number of nitrogens with one attached hydrogen (secondary N) is 1. The van der Waals surface area contributed by atoms with Crippen molar-refractivity contribution in [1.29, 1.82) is 0 Å². The molecule has 0 unspecified atom stereocenters. The lowest BCUT2D eigenvalue weighted by Crippen LogP contribution is -2.30. The average molecular weight is 284 g/mol. The van der Waals surface area contributed by atoms with Crippen LogP contribution in [0.4, 0.5) is 13.2 Å². The highest BCUT2D eigenvalue weighted by atomic mass is 79.9. The molecular formula is C7H5BrF3N3O. The molecule has 0 aliphatic carbocycles. The lowest BCUT2D eigenvalue weighted by Gasteiger charge is -2.08. The predicted molar refractivity (Wildman–Crippen MR) is 48.6 cm³/mol. The summed E-state index contributed by atoms with van der Waals surface area (Å²) in [7, 11) is 0. The third-order valence-corrected chi connectivity index (χ3v) is 2.15. The first-order chi connectivity index (χ1) is 6.86. The van der Waals surface area contributed by atoms with Crippen LogP contribution in [-0.2, 0) is 6.18 Å². The van der Waals surface area contributed by atoms with Crippen LogP contribution in [0, 0.1) is 0 Å². The second-order valence-corrected chi connectivity index (χ2v) is 3.37. The number of hydrogen-bond donors (Lipinski definition) is 2. The highest BCUT2D eigenvalue weighted by Crippen LogP contribution is 2.29. The van der Waals surface area contributed by atoms with Crippen molar-refractivity contribution in [3.05, 3.63) is 28.0 Å². The molecule has 0 bridgehead atoms. The number of halogens is 4. The van der Waals surface area contributed by atoms with Crippen molar-refractivity contribution in [3.8, 4) is 0 Å². The van der Waals surface area contributed by atoms with Crippen LogP contribution in [0.2, 0.25) is 0 Å². The van der Waals surface area contributed by atoms with Crippen molar-refractivity contribution in [2.24, 2.45) is 5.84 Å². The van der Waals surface area contributed by atoms with Crippen LogP contribution < -0.4 is 11.3 Å². The Balaban J connectivity index is 3.23. The van der Waals surface area contributed by atoms with Gasteiger partial charge in [-0.25, -0.2) is 5.84 Å². The molecule has 0 saturated carbocycles. The molecule has 0 radical (unpaired) electrons. The van der Waals surface area contributed by atoms with Crippen molar-refractivity contribution in [1.82, 2.24) is 10.4 Å². The summed E-state index contributed by atoms with van der Waals surface area (Å²) in [6.45, 7) is 0. The molecule has 3 N–H and O–H groups in total. The first-order valence-corrected chi connectivity index (χ1v) is 4.39. The Morgan fingerprint density at radius 3 is 2.60 bits per heavy atom. The smallest absolute Gasteiger partial charge is 0.290 e. The molecule has 0 fully saturated rings. The monoisotopic (exact) mass is 283 g/mol. The van der Waals surface area contributed by atoms with Gasteiger partial charge in [-0.05, 0) is 22.0 Å². The van der Waals surface area contributed by atoms with Gasteiger partial charge in [0, 0.05) is 10.7 Å². The van der Waals surface area contributed by atoms with E-state index in [2.05, 4.69) is 20.9 Å². The van der Waals surface area contributed by atoms with E-state index in [-0.39, 0.29) is 10.0 Å². The van der Waals surface area contributed by atoms with Gasteiger partial charge in [-0.3, -0.25) is 15.2 Å². The molecule has 1 heterocycles. The number of alkyl halides is 3. The zero-order valence-corrected chi connectivity index (χ0v) is 8.69. The highest BCUT2D eigenvalue weighted by molar-refractivity contribution is 9.10. The summed E-state index contributed by atoms with van der Waals surface area (Å²) in [5.41, 5.74) is 0.366. The van der Waals surface area contributed by atoms with Crippen molar-refractivity contribution in [2.75, 3.05) is 0 Å². The number of aromatic nitrogens is 1. The van der Waals surface area contributed by atoms with Gasteiger partial charge in [-0.1, -0.05) is 0 Å². The molecule has 15 heavy (non-hydrogen) atoms. The molecule has 0 aromatic carbocycles. The normalized spacial score (nSPS) is 11.3. The number of nitrogens with zero attached hydrogens (tertiary/aromatic N) is 1. The number of amides is 1. The minimum absolute atomic E-state index is 0.137. The summed E-state index contributed by atoms with van der Waals surface area (Å²) in [5.74, 6) is 3.99. The van der Waals surface area contributed by atoms with Gasteiger partial charge in [0.2, 0.25) is 0 Å². The molecule has 4 nitrogen and oxygen atoms in total. The number of carbonyl (C=O) groups is 1. The maximum Gasteiger partial charge on any atom is 0.433 e. The van der Waals surface area contributed by atoms with Crippen molar-refractivity contribution < 1.29 is 18.0 Å². The molecule has 0 atom stereocenters. The molecular weight excluding hydrogens is 279 g/mol. The third-order valence-electron chi connectivity index (χ3n) is 1.52. The van der Waals surface area contributed by atoms with E-state index in [0.717, 1.165) is 6.20 Å². The minimum Gasteiger partial charge on any atom is -0.290 e. The van der Waals surface area contributed by atoms with Gasteiger partial charge in [0.15, 0.2) is 0 Å². The summed E-state index contributed by atoms with van der Waals surface area (Å²) in [4.78, 5) is 14.2. The number of pyridine rings is 1. The average Bonchev–Trinajstić information content (AvgIpc) is 2.15. The fourth-order valence-electron chi connectivity index (χ4n) is 0.845. The molecule has 0 spiro atoms.